The van der Waals surface area contributed by atoms with Crippen molar-refractivity contribution in [2.45, 2.75) is 32.6 Å². The molecule has 2 aromatic rings. The zero-order valence-corrected chi connectivity index (χ0v) is 13.0. The molecule has 3 rings (SSSR count). The van der Waals surface area contributed by atoms with E-state index in [1.54, 1.807) is 11.3 Å². The summed E-state index contributed by atoms with van der Waals surface area (Å²) in [5.74, 6) is 2.10. The number of thiazole rings is 1. The minimum Gasteiger partial charge on any atom is -0.491 e. The number of fused-ring (bicyclic) bond motifs is 1. The maximum Gasteiger partial charge on any atom is 0.146 e. The van der Waals surface area contributed by atoms with Crippen LogP contribution < -0.4 is 10.1 Å². The highest BCUT2D eigenvalue weighted by Crippen LogP contribution is 2.33. The molecule has 0 saturated carbocycles. The number of aromatic nitrogens is 1. The molecule has 1 aliphatic rings. The van der Waals surface area contributed by atoms with Gasteiger partial charge >= 0.3 is 0 Å². The highest BCUT2D eigenvalue weighted by molar-refractivity contribution is 7.18. The predicted molar refractivity (Wildman–Crippen MR) is 84.8 cm³/mol. The Kier molecular flexibility index (Phi) is 4.22. The molecule has 0 bridgehead atoms. The van der Waals surface area contributed by atoms with Crippen LogP contribution >= 0.6 is 11.3 Å². The van der Waals surface area contributed by atoms with E-state index in [0.717, 1.165) is 31.0 Å². The number of benzene rings is 1. The third-order valence-electron chi connectivity index (χ3n) is 3.83. The lowest BCUT2D eigenvalue weighted by atomic mass is 9.99. The summed E-state index contributed by atoms with van der Waals surface area (Å²) in [5.41, 5.74) is 1.04. The van der Waals surface area contributed by atoms with Crippen LogP contribution in [0.2, 0.25) is 0 Å². The first-order valence-corrected chi connectivity index (χ1v) is 8.28. The molecule has 2 heterocycles. The second kappa shape index (κ2) is 6.10. The number of para-hydroxylation sites is 1. The lowest BCUT2D eigenvalue weighted by Gasteiger charge is -2.22. The van der Waals surface area contributed by atoms with Crippen molar-refractivity contribution < 1.29 is 4.74 Å². The van der Waals surface area contributed by atoms with E-state index in [1.807, 2.05) is 6.07 Å². The van der Waals surface area contributed by atoms with Gasteiger partial charge in [-0.15, -0.1) is 11.3 Å². The molecule has 20 heavy (non-hydrogen) atoms. The minimum absolute atomic E-state index is 0.477. The molecule has 0 atom stereocenters. The second-order valence-corrected chi connectivity index (χ2v) is 6.88. The van der Waals surface area contributed by atoms with Gasteiger partial charge in [-0.1, -0.05) is 19.9 Å². The topological polar surface area (TPSA) is 34.1 Å². The van der Waals surface area contributed by atoms with Crippen LogP contribution in [0.25, 0.3) is 10.2 Å². The van der Waals surface area contributed by atoms with Gasteiger partial charge in [-0.25, -0.2) is 4.98 Å². The van der Waals surface area contributed by atoms with E-state index in [4.69, 9.17) is 9.72 Å². The molecule has 0 amide bonds. The normalized spacial score (nSPS) is 16.9. The summed E-state index contributed by atoms with van der Waals surface area (Å²) in [4.78, 5) is 4.76. The first-order chi connectivity index (χ1) is 9.74. The van der Waals surface area contributed by atoms with Crippen molar-refractivity contribution in [1.82, 2.24) is 10.3 Å². The van der Waals surface area contributed by atoms with Gasteiger partial charge in [-0.2, -0.15) is 0 Å². The number of hydrogen-bond acceptors (Lipinski definition) is 4. The molecule has 0 radical (unpaired) electrons. The highest BCUT2D eigenvalue weighted by Gasteiger charge is 2.15. The molecule has 1 N–H and O–H groups in total. The van der Waals surface area contributed by atoms with Crippen LogP contribution in [0.1, 0.15) is 37.6 Å². The smallest absolute Gasteiger partial charge is 0.146 e. The molecule has 1 aliphatic heterocycles. The van der Waals surface area contributed by atoms with Crippen LogP contribution in [0.5, 0.6) is 5.75 Å². The van der Waals surface area contributed by atoms with Crippen molar-refractivity contribution in [3.63, 3.8) is 0 Å². The Balaban J connectivity index is 1.76. The Morgan fingerprint density at radius 1 is 1.35 bits per heavy atom. The van der Waals surface area contributed by atoms with Crippen molar-refractivity contribution in [3.8, 4) is 5.75 Å². The molecule has 1 aromatic heterocycles. The van der Waals surface area contributed by atoms with E-state index in [2.05, 4.69) is 31.3 Å². The number of nitrogens with one attached hydrogen (secondary N) is 1. The Morgan fingerprint density at radius 2 is 2.15 bits per heavy atom. The average molecular weight is 290 g/mol. The van der Waals surface area contributed by atoms with Crippen LogP contribution in [0.15, 0.2) is 18.2 Å². The number of piperidine rings is 1. The van der Waals surface area contributed by atoms with Crippen LogP contribution in [0, 0.1) is 5.92 Å². The summed E-state index contributed by atoms with van der Waals surface area (Å²) in [6.07, 6.45) is 2.43. The van der Waals surface area contributed by atoms with Gasteiger partial charge in [-0.3, -0.25) is 0 Å². The molecule has 1 fully saturated rings. The Hall–Kier alpha value is -1.13. The maximum atomic E-state index is 6.07. The van der Waals surface area contributed by atoms with Gasteiger partial charge in [-0.05, 0) is 44.0 Å². The molecule has 0 spiro atoms. The van der Waals surface area contributed by atoms with Crippen LogP contribution in [-0.4, -0.2) is 24.7 Å². The Labute approximate surface area is 124 Å². The van der Waals surface area contributed by atoms with E-state index in [9.17, 15) is 0 Å². The van der Waals surface area contributed by atoms with Gasteiger partial charge in [0.05, 0.1) is 16.3 Å². The zero-order valence-electron chi connectivity index (χ0n) is 12.2. The third-order valence-corrected chi connectivity index (χ3v) is 5.15. The fraction of sp³-hybridized carbons (Fsp3) is 0.562. The number of rotatable bonds is 4. The SMILES string of the molecule is CC(C)c1nc2c(OCC3CCNCC3)cccc2s1. The van der Waals surface area contributed by atoms with Crippen LogP contribution in [0.3, 0.4) is 0 Å². The van der Waals surface area contributed by atoms with Crippen LogP contribution in [-0.2, 0) is 0 Å². The molecular weight excluding hydrogens is 268 g/mol. The maximum absolute atomic E-state index is 6.07. The van der Waals surface area contributed by atoms with Crippen molar-refractivity contribution in [1.29, 1.82) is 0 Å². The summed E-state index contributed by atoms with van der Waals surface area (Å²) >= 11 is 1.78. The van der Waals surface area contributed by atoms with E-state index in [-0.39, 0.29) is 0 Å². The van der Waals surface area contributed by atoms with E-state index in [1.165, 1.54) is 22.5 Å². The molecule has 4 heteroatoms. The lowest BCUT2D eigenvalue weighted by Crippen LogP contribution is -2.30. The average Bonchev–Trinajstić information content (AvgIpc) is 2.91. The van der Waals surface area contributed by atoms with Gasteiger partial charge in [0.2, 0.25) is 0 Å². The van der Waals surface area contributed by atoms with Gasteiger partial charge in [0.15, 0.2) is 0 Å². The molecule has 3 nitrogen and oxygen atoms in total. The fourth-order valence-electron chi connectivity index (χ4n) is 2.56. The van der Waals surface area contributed by atoms with E-state index in [0.29, 0.717) is 11.8 Å². The van der Waals surface area contributed by atoms with Crippen molar-refractivity contribution in [2.24, 2.45) is 5.92 Å². The zero-order chi connectivity index (χ0) is 13.9. The summed E-state index contributed by atoms with van der Waals surface area (Å²) in [5, 5.41) is 4.58. The molecule has 0 aliphatic carbocycles. The molecule has 1 aromatic carbocycles. The number of hydrogen-bond donors (Lipinski definition) is 1. The highest BCUT2D eigenvalue weighted by atomic mass is 32.1. The van der Waals surface area contributed by atoms with Crippen molar-refractivity contribution in [3.05, 3.63) is 23.2 Å². The summed E-state index contributed by atoms with van der Waals surface area (Å²) in [6, 6.07) is 6.26. The summed E-state index contributed by atoms with van der Waals surface area (Å²) in [6.45, 7) is 7.43. The molecule has 108 valence electrons. The quantitative estimate of drug-likeness (QED) is 0.930. The summed E-state index contributed by atoms with van der Waals surface area (Å²) in [7, 11) is 0. The third kappa shape index (κ3) is 2.96. The van der Waals surface area contributed by atoms with Gasteiger partial charge in [0.1, 0.15) is 11.3 Å². The standard InChI is InChI=1S/C16H22N2OS/c1-11(2)16-18-15-13(4-3-5-14(15)20-16)19-10-12-6-8-17-9-7-12/h3-5,11-12,17H,6-10H2,1-2H3. The number of ether oxygens (including phenoxy) is 1. The lowest BCUT2D eigenvalue weighted by molar-refractivity contribution is 0.217. The minimum atomic E-state index is 0.477. The molecule has 0 unspecified atom stereocenters. The van der Waals surface area contributed by atoms with Gasteiger partial charge in [0.25, 0.3) is 0 Å². The summed E-state index contributed by atoms with van der Waals surface area (Å²) < 4.78 is 7.30. The first kappa shape index (κ1) is 13.8. The number of nitrogens with zero attached hydrogens (tertiary/aromatic N) is 1. The van der Waals surface area contributed by atoms with Gasteiger partial charge in [0, 0.05) is 5.92 Å². The monoisotopic (exact) mass is 290 g/mol. The Bertz CT molecular complexity index is 573. The van der Waals surface area contributed by atoms with Crippen molar-refractivity contribution in [2.75, 3.05) is 19.7 Å². The van der Waals surface area contributed by atoms with Crippen molar-refractivity contribution >= 4 is 21.6 Å². The van der Waals surface area contributed by atoms with Crippen LogP contribution in [0.4, 0.5) is 0 Å². The van der Waals surface area contributed by atoms with E-state index >= 15 is 0 Å². The fourth-order valence-corrected chi connectivity index (χ4v) is 3.55. The Morgan fingerprint density at radius 3 is 2.90 bits per heavy atom. The predicted octanol–water partition coefficient (Wildman–Crippen LogP) is 3.80. The first-order valence-electron chi connectivity index (χ1n) is 7.47. The largest absolute Gasteiger partial charge is 0.491 e. The molecule has 1 saturated heterocycles. The molecular formula is C16H22N2OS. The second-order valence-electron chi connectivity index (χ2n) is 5.81. The van der Waals surface area contributed by atoms with E-state index < -0.39 is 0 Å². The van der Waals surface area contributed by atoms with Gasteiger partial charge < -0.3 is 10.1 Å².